The van der Waals surface area contributed by atoms with Gasteiger partial charge in [-0.05, 0) is 63.1 Å². The average Bonchev–Trinajstić information content (AvgIpc) is 3.25. The molecule has 0 atom stereocenters. The molecule has 0 radical (unpaired) electrons. The van der Waals surface area contributed by atoms with E-state index in [1.807, 2.05) is 0 Å². The van der Waals surface area contributed by atoms with Crippen LogP contribution in [-0.2, 0) is 6.42 Å². The molecule has 1 aliphatic heterocycles. The zero-order chi connectivity index (χ0) is 19.8. The van der Waals surface area contributed by atoms with Crippen molar-refractivity contribution in [3.8, 4) is 5.75 Å². The number of likely N-dealkylation sites (tertiary alicyclic amines) is 1. The smallest absolute Gasteiger partial charge is 0.191 e. The zero-order valence-electron chi connectivity index (χ0n) is 18.0. The van der Waals surface area contributed by atoms with E-state index in [4.69, 9.17) is 9.73 Å². The van der Waals surface area contributed by atoms with Crippen molar-refractivity contribution in [1.82, 2.24) is 15.5 Å². The van der Waals surface area contributed by atoms with E-state index in [0.717, 1.165) is 37.3 Å². The van der Waals surface area contributed by atoms with Gasteiger partial charge in [0.05, 0.1) is 7.11 Å². The van der Waals surface area contributed by atoms with Crippen LogP contribution in [0.3, 0.4) is 0 Å². The Kier molecular flexibility index (Phi) is 8.01. The minimum absolute atomic E-state index is 0.537. The number of nitrogens with zero attached hydrogens (tertiary/aromatic N) is 2. The van der Waals surface area contributed by atoms with Crippen LogP contribution in [0.2, 0.25) is 0 Å². The van der Waals surface area contributed by atoms with Gasteiger partial charge in [-0.15, -0.1) is 0 Å². The van der Waals surface area contributed by atoms with Crippen LogP contribution in [0.15, 0.2) is 23.2 Å². The molecule has 2 aliphatic rings. The number of piperidine rings is 1. The summed E-state index contributed by atoms with van der Waals surface area (Å²) in [6.45, 7) is 8.33. The van der Waals surface area contributed by atoms with Crippen molar-refractivity contribution < 1.29 is 4.74 Å². The Balaban J connectivity index is 1.47. The van der Waals surface area contributed by atoms with E-state index in [-0.39, 0.29) is 0 Å². The summed E-state index contributed by atoms with van der Waals surface area (Å²) in [4.78, 5) is 7.54. The molecular weight excluding hydrogens is 348 g/mol. The monoisotopic (exact) mass is 386 g/mol. The van der Waals surface area contributed by atoms with Gasteiger partial charge in [-0.1, -0.05) is 25.0 Å². The van der Waals surface area contributed by atoms with Gasteiger partial charge in [0.25, 0.3) is 0 Å². The molecule has 1 heterocycles. The van der Waals surface area contributed by atoms with Gasteiger partial charge < -0.3 is 20.3 Å². The first-order chi connectivity index (χ1) is 13.7. The van der Waals surface area contributed by atoms with Crippen molar-refractivity contribution in [3.05, 3.63) is 29.3 Å². The van der Waals surface area contributed by atoms with Gasteiger partial charge in [0, 0.05) is 38.3 Å². The Labute approximate surface area is 170 Å². The Morgan fingerprint density at radius 1 is 1.18 bits per heavy atom. The topological polar surface area (TPSA) is 48.9 Å². The second-order valence-electron chi connectivity index (χ2n) is 8.21. The van der Waals surface area contributed by atoms with E-state index in [0.29, 0.717) is 6.04 Å². The molecule has 1 aliphatic carbocycles. The maximum absolute atomic E-state index is 5.43. The van der Waals surface area contributed by atoms with Crippen LogP contribution in [-0.4, -0.2) is 56.2 Å². The van der Waals surface area contributed by atoms with E-state index < -0.39 is 0 Å². The molecule has 28 heavy (non-hydrogen) atoms. The van der Waals surface area contributed by atoms with Gasteiger partial charge in [-0.2, -0.15) is 0 Å². The number of guanidine groups is 1. The Morgan fingerprint density at radius 2 is 1.93 bits per heavy atom. The molecule has 0 bridgehead atoms. The third kappa shape index (κ3) is 5.87. The fourth-order valence-electron chi connectivity index (χ4n) is 4.51. The third-order valence-corrected chi connectivity index (χ3v) is 6.20. The van der Waals surface area contributed by atoms with Gasteiger partial charge in [0.2, 0.25) is 0 Å². The summed E-state index contributed by atoms with van der Waals surface area (Å²) in [5.74, 6) is 1.92. The number of nitrogens with one attached hydrogen (secondary N) is 2. The highest BCUT2D eigenvalue weighted by Gasteiger charge is 2.27. The van der Waals surface area contributed by atoms with Crippen molar-refractivity contribution >= 4 is 5.96 Å². The lowest BCUT2D eigenvalue weighted by molar-refractivity contribution is 0.150. The molecule has 1 saturated carbocycles. The van der Waals surface area contributed by atoms with Crippen LogP contribution in [0.25, 0.3) is 0 Å². The van der Waals surface area contributed by atoms with Gasteiger partial charge in [-0.3, -0.25) is 4.99 Å². The number of hydrogen-bond acceptors (Lipinski definition) is 3. The Hall–Kier alpha value is -1.75. The number of aryl methyl sites for hydroxylation is 1. The number of aliphatic imine (C=N–C) groups is 1. The second kappa shape index (κ2) is 10.7. The lowest BCUT2D eigenvalue weighted by atomic mass is 10.0. The fraction of sp³-hybridized carbons (Fsp3) is 0.696. The number of hydrogen-bond donors (Lipinski definition) is 2. The largest absolute Gasteiger partial charge is 0.496 e. The van der Waals surface area contributed by atoms with E-state index >= 15 is 0 Å². The normalized spacial score (nSPS) is 19.8. The molecule has 5 nitrogen and oxygen atoms in total. The van der Waals surface area contributed by atoms with Crippen molar-refractivity contribution in [1.29, 1.82) is 0 Å². The second-order valence-corrected chi connectivity index (χ2v) is 8.21. The minimum Gasteiger partial charge on any atom is -0.496 e. The maximum atomic E-state index is 5.43. The van der Waals surface area contributed by atoms with E-state index in [1.165, 1.54) is 62.7 Å². The zero-order valence-corrected chi connectivity index (χ0v) is 18.0. The van der Waals surface area contributed by atoms with Crippen LogP contribution in [0.5, 0.6) is 5.75 Å². The summed E-state index contributed by atoms with van der Waals surface area (Å²) in [7, 11) is 1.73. The first-order valence-corrected chi connectivity index (χ1v) is 11.1. The molecule has 156 valence electrons. The van der Waals surface area contributed by atoms with Crippen molar-refractivity contribution in [2.24, 2.45) is 4.99 Å². The van der Waals surface area contributed by atoms with E-state index in [2.05, 4.69) is 47.6 Å². The molecule has 2 fully saturated rings. The molecule has 1 aromatic carbocycles. The summed E-state index contributed by atoms with van der Waals surface area (Å²) < 4.78 is 5.43. The maximum Gasteiger partial charge on any atom is 0.191 e. The molecule has 0 aromatic heterocycles. The highest BCUT2D eigenvalue weighted by molar-refractivity contribution is 5.80. The Morgan fingerprint density at radius 3 is 2.61 bits per heavy atom. The van der Waals surface area contributed by atoms with Crippen LogP contribution in [0, 0.1) is 6.92 Å². The highest BCUT2D eigenvalue weighted by Crippen LogP contribution is 2.26. The highest BCUT2D eigenvalue weighted by atomic mass is 16.5. The SMILES string of the molecule is CCNC(=NCCc1ccc(C)c(OC)c1)NC1CCN(C2CCCC2)CC1. The standard InChI is InChI=1S/C23H38N4O/c1-4-24-23(25-14-11-19-10-9-18(2)22(17-19)28-3)26-20-12-15-27(16-13-20)21-7-5-6-8-21/h9-10,17,20-21H,4-8,11-16H2,1-3H3,(H2,24,25,26). The van der Waals surface area contributed by atoms with Gasteiger partial charge in [-0.25, -0.2) is 0 Å². The summed E-state index contributed by atoms with van der Waals surface area (Å²) in [5, 5.41) is 7.09. The summed E-state index contributed by atoms with van der Waals surface area (Å²) in [6, 6.07) is 7.82. The average molecular weight is 387 g/mol. The number of benzene rings is 1. The van der Waals surface area contributed by atoms with Crippen LogP contribution in [0.1, 0.15) is 56.6 Å². The van der Waals surface area contributed by atoms with E-state index in [9.17, 15) is 0 Å². The first-order valence-electron chi connectivity index (χ1n) is 11.1. The first kappa shape index (κ1) is 21.0. The van der Waals surface area contributed by atoms with Gasteiger partial charge in [0.1, 0.15) is 5.75 Å². The van der Waals surface area contributed by atoms with Crippen molar-refractivity contribution in [2.45, 2.75) is 70.9 Å². The molecule has 1 aromatic rings. The third-order valence-electron chi connectivity index (χ3n) is 6.20. The van der Waals surface area contributed by atoms with Crippen LogP contribution < -0.4 is 15.4 Å². The van der Waals surface area contributed by atoms with Gasteiger partial charge >= 0.3 is 0 Å². The minimum atomic E-state index is 0.537. The van der Waals surface area contributed by atoms with E-state index in [1.54, 1.807) is 7.11 Å². The number of ether oxygens (including phenoxy) is 1. The molecule has 0 amide bonds. The predicted octanol–water partition coefficient (Wildman–Crippen LogP) is 3.51. The lowest BCUT2D eigenvalue weighted by Gasteiger charge is -2.36. The molecule has 3 rings (SSSR count). The quantitative estimate of drug-likeness (QED) is 0.556. The molecule has 0 unspecified atom stereocenters. The fourth-order valence-corrected chi connectivity index (χ4v) is 4.51. The molecular formula is C23H38N4O. The van der Waals surface area contributed by atoms with Gasteiger partial charge in [0.15, 0.2) is 5.96 Å². The summed E-state index contributed by atoms with van der Waals surface area (Å²) in [5.41, 5.74) is 2.45. The molecule has 0 spiro atoms. The lowest BCUT2D eigenvalue weighted by Crippen LogP contribution is -2.50. The van der Waals surface area contributed by atoms with Crippen molar-refractivity contribution in [2.75, 3.05) is 33.3 Å². The Bertz CT molecular complexity index is 631. The van der Waals surface area contributed by atoms with Crippen molar-refractivity contribution in [3.63, 3.8) is 0 Å². The molecule has 5 heteroatoms. The van der Waals surface area contributed by atoms with Crippen LogP contribution >= 0.6 is 0 Å². The molecule has 2 N–H and O–H groups in total. The number of methoxy groups -OCH3 is 1. The predicted molar refractivity (Wildman–Crippen MR) is 117 cm³/mol. The van der Waals surface area contributed by atoms with Crippen LogP contribution in [0.4, 0.5) is 0 Å². The summed E-state index contributed by atoms with van der Waals surface area (Å²) in [6.07, 6.45) is 9.03. The molecule has 1 saturated heterocycles. The number of rotatable bonds is 7. The summed E-state index contributed by atoms with van der Waals surface area (Å²) >= 11 is 0.